The molecule has 2 rings (SSSR count). The second-order valence-corrected chi connectivity index (χ2v) is 5.60. The van der Waals surface area contributed by atoms with E-state index in [2.05, 4.69) is 5.32 Å². The molecular weight excluding hydrogens is 268 g/mol. The Bertz CT molecular complexity index is 516. The monoisotopic (exact) mass is 290 g/mol. The number of nitrogens with one attached hydrogen (secondary N) is 1. The predicted molar refractivity (Wildman–Crippen MR) is 79.7 cm³/mol. The molecule has 1 heterocycles. The lowest BCUT2D eigenvalue weighted by molar-refractivity contribution is -0.129. The molecule has 0 radical (unpaired) electrons. The smallest absolute Gasteiger partial charge is 0.240 e. The van der Waals surface area contributed by atoms with Gasteiger partial charge in [0.05, 0.1) is 12.5 Å². The zero-order valence-corrected chi connectivity index (χ0v) is 12.5. The lowest BCUT2D eigenvalue weighted by Crippen LogP contribution is -2.48. The van der Waals surface area contributed by atoms with Gasteiger partial charge >= 0.3 is 0 Å². The summed E-state index contributed by atoms with van der Waals surface area (Å²) in [5.74, 6) is -0.836. The molecule has 0 aromatic heterocycles. The van der Waals surface area contributed by atoms with E-state index < -0.39 is 11.9 Å². The molecule has 1 aromatic carbocycles. The Balaban J connectivity index is 2.09. The van der Waals surface area contributed by atoms with E-state index in [4.69, 9.17) is 10.5 Å². The van der Waals surface area contributed by atoms with E-state index in [-0.39, 0.29) is 11.8 Å². The highest BCUT2D eigenvalue weighted by Gasteiger charge is 2.27. The number of carbonyl (C=O) groups is 2. The molecule has 0 unspecified atom stereocenters. The SMILES string of the molecule is Cc1cccc(C)c1C[C@@H](NC(=O)[C@@H]1CCOC1)C(N)=O. The van der Waals surface area contributed by atoms with Crippen LogP contribution in [0.2, 0.25) is 0 Å². The largest absolute Gasteiger partial charge is 0.381 e. The molecule has 5 heteroatoms. The van der Waals surface area contributed by atoms with Gasteiger partial charge in [-0.2, -0.15) is 0 Å². The number of benzene rings is 1. The van der Waals surface area contributed by atoms with Crippen molar-refractivity contribution in [3.63, 3.8) is 0 Å². The molecule has 0 bridgehead atoms. The van der Waals surface area contributed by atoms with Crippen molar-refractivity contribution in [2.24, 2.45) is 11.7 Å². The van der Waals surface area contributed by atoms with Crippen LogP contribution in [0.15, 0.2) is 18.2 Å². The standard InChI is InChI=1S/C16H22N2O3/c1-10-4-3-5-11(2)13(10)8-14(15(17)19)18-16(20)12-6-7-21-9-12/h3-5,12,14H,6-9H2,1-2H3,(H2,17,19)(H,18,20)/t12-,14-/m1/s1. The maximum Gasteiger partial charge on any atom is 0.240 e. The van der Waals surface area contributed by atoms with Gasteiger partial charge in [0, 0.05) is 13.0 Å². The molecule has 2 atom stereocenters. The lowest BCUT2D eigenvalue weighted by Gasteiger charge is -2.19. The fraction of sp³-hybridized carbons (Fsp3) is 0.500. The van der Waals surface area contributed by atoms with Crippen molar-refractivity contribution in [2.75, 3.05) is 13.2 Å². The van der Waals surface area contributed by atoms with Crippen LogP contribution in [0.5, 0.6) is 0 Å². The van der Waals surface area contributed by atoms with Gasteiger partial charge < -0.3 is 15.8 Å². The molecule has 1 aliphatic rings. The Morgan fingerprint density at radius 2 is 2.05 bits per heavy atom. The highest BCUT2D eigenvalue weighted by molar-refractivity contribution is 5.88. The number of rotatable bonds is 5. The Hall–Kier alpha value is -1.88. The van der Waals surface area contributed by atoms with Crippen molar-refractivity contribution in [2.45, 2.75) is 32.7 Å². The third kappa shape index (κ3) is 3.82. The van der Waals surface area contributed by atoms with Gasteiger partial charge in [-0.25, -0.2) is 0 Å². The molecular formula is C16H22N2O3. The number of primary amides is 1. The molecule has 0 saturated carbocycles. The van der Waals surface area contributed by atoms with Crippen LogP contribution < -0.4 is 11.1 Å². The summed E-state index contributed by atoms with van der Waals surface area (Å²) in [6.45, 7) is 5.00. The minimum absolute atomic E-state index is 0.150. The molecule has 5 nitrogen and oxygen atoms in total. The molecule has 114 valence electrons. The van der Waals surface area contributed by atoms with E-state index in [9.17, 15) is 9.59 Å². The Kier molecular flexibility index (Phi) is 4.96. The van der Waals surface area contributed by atoms with Gasteiger partial charge in [0.2, 0.25) is 11.8 Å². The van der Waals surface area contributed by atoms with Crippen LogP contribution >= 0.6 is 0 Å². The molecule has 0 spiro atoms. The fourth-order valence-electron chi connectivity index (χ4n) is 2.63. The topological polar surface area (TPSA) is 81.4 Å². The summed E-state index contributed by atoms with van der Waals surface area (Å²) in [4.78, 5) is 23.8. The number of aryl methyl sites for hydroxylation is 2. The number of hydrogen-bond acceptors (Lipinski definition) is 3. The highest BCUT2D eigenvalue weighted by Crippen LogP contribution is 2.17. The summed E-state index contributed by atoms with van der Waals surface area (Å²) in [5.41, 5.74) is 8.70. The molecule has 1 fully saturated rings. The Labute approximate surface area is 124 Å². The molecule has 1 aromatic rings. The molecule has 0 aliphatic carbocycles. The third-order valence-corrected chi connectivity index (χ3v) is 4.01. The van der Waals surface area contributed by atoms with Crippen molar-refractivity contribution in [1.29, 1.82) is 0 Å². The second-order valence-electron chi connectivity index (χ2n) is 5.60. The maximum atomic E-state index is 12.1. The van der Waals surface area contributed by atoms with E-state index in [1.54, 1.807) is 0 Å². The third-order valence-electron chi connectivity index (χ3n) is 4.01. The first-order valence-electron chi connectivity index (χ1n) is 7.21. The molecule has 1 saturated heterocycles. The maximum absolute atomic E-state index is 12.1. The van der Waals surface area contributed by atoms with E-state index in [1.807, 2.05) is 32.0 Å². The number of hydrogen-bond donors (Lipinski definition) is 2. The van der Waals surface area contributed by atoms with E-state index in [0.717, 1.165) is 16.7 Å². The summed E-state index contributed by atoms with van der Waals surface area (Å²) in [5, 5.41) is 2.77. The molecule has 1 aliphatic heterocycles. The minimum Gasteiger partial charge on any atom is -0.381 e. The van der Waals surface area contributed by atoms with Gasteiger partial charge in [-0.05, 0) is 37.0 Å². The van der Waals surface area contributed by atoms with Gasteiger partial charge in [-0.3, -0.25) is 9.59 Å². The molecule has 2 amide bonds. The Morgan fingerprint density at radius 3 is 2.57 bits per heavy atom. The number of carbonyl (C=O) groups excluding carboxylic acids is 2. The van der Waals surface area contributed by atoms with E-state index >= 15 is 0 Å². The van der Waals surface area contributed by atoms with Gasteiger partial charge in [0.15, 0.2) is 0 Å². The summed E-state index contributed by atoms with van der Waals surface area (Å²) in [6, 6.07) is 5.28. The zero-order chi connectivity index (χ0) is 15.4. The number of amides is 2. The summed E-state index contributed by atoms with van der Waals surface area (Å²) in [6.07, 6.45) is 1.12. The lowest BCUT2D eigenvalue weighted by atomic mass is 9.95. The van der Waals surface area contributed by atoms with Crippen LogP contribution in [0.4, 0.5) is 0 Å². The van der Waals surface area contributed by atoms with Crippen molar-refractivity contribution in [3.05, 3.63) is 34.9 Å². The summed E-state index contributed by atoms with van der Waals surface area (Å²) < 4.78 is 5.20. The fourth-order valence-corrected chi connectivity index (χ4v) is 2.63. The molecule has 3 N–H and O–H groups in total. The van der Waals surface area contributed by atoms with Crippen LogP contribution in [0.3, 0.4) is 0 Å². The van der Waals surface area contributed by atoms with Gasteiger partial charge in [0.1, 0.15) is 6.04 Å². The van der Waals surface area contributed by atoms with Gasteiger partial charge in [-0.15, -0.1) is 0 Å². The Morgan fingerprint density at radius 1 is 1.38 bits per heavy atom. The quantitative estimate of drug-likeness (QED) is 0.843. The average molecular weight is 290 g/mol. The zero-order valence-electron chi connectivity index (χ0n) is 12.5. The average Bonchev–Trinajstić information content (AvgIpc) is 2.95. The van der Waals surface area contributed by atoms with Gasteiger partial charge in [-0.1, -0.05) is 18.2 Å². The van der Waals surface area contributed by atoms with Crippen LogP contribution in [0.1, 0.15) is 23.1 Å². The van der Waals surface area contributed by atoms with Gasteiger partial charge in [0.25, 0.3) is 0 Å². The van der Waals surface area contributed by atoms with Crippen LogP contribution in [-0.2, 0) is 20.7 Å². The van der Waals surface area contributed by atoms with Crippen LogP contribution in [0, 0.1) is 19.8 Å². The first-order chi connectivity index (χ1) is 9.99. The molecule has 21 heavy (non-hydrogen) atoms. The second kappa shape index (κ2) is 6.72. The van der Waals surface area contributed by atoms with Crippen molar-refractivity contribution in [1.82, 2.24) is 5.32 Å². The predicted octanol–water partition coefficient (Wildman–Crippen LogP) is 0.853. The van der Waals surface area contributed by atoms with Crippen LogP contribution in [0.25, 0.3) is 0 Å². The number of nitrogens with two attached hydrogens (primary N) is 1. The van der Waals surface area contributed by atoms with Crippen molar-refractivity contribution in [3.8, 4) is 0 Å². The van der Waals surface area contributed by atoms with E-state index in [1.165, 1.54) is 0 Å². The van der Waals surface area contributed by atoms with Crippen LogP contribution in [-0.4, -0.2) is 31.1 Å². The number of ether oxygens (including phenoxy) is 1. The minimum atomic E-state index is -0.683. The van der Waals surface area contributed by atoms with Crippen molar-refractivity contribution < 1.29 is 14.3 Å². The summed E-state index contributed by atoms with van der Waals surface area (Å²) in [7, 11) is 0. The van der Waals surface area contributed by atoms with Crippen molar-refractivity contribution >= 4 is 11.8 Å². The normalized spacial score (nSPS) is 19.2. The first kappa shape index (κ1) is 15.5. The van der Waals surface area contributed by atoms with E-state index in [0.29, 0.717) is 26.1 Å². The first-order valence-corrected chi connectivity index (χ1v) is 7.21. The summed E-state index contributed by atoms with van der Waals surface area (Å²) >= 11 is 0. The highest BCUT2D eigenvalue weighted by atomic mass is 16.5.